The molecule has 30 heavy (non-hydrogen) atoms. The SMILES string of the molecule is CC(C)(C)c1cccc(-c2cc(C(C)(C)C)cc(B3OC(C)(C)C(C)(C)O3)c2N)c1. The number of benzene rings is 2. The molecular formula is C26H38BNO2. The molecule has 0 aliphatic carbocycles. The van der Waals surface area contributed by atoms with E-state index in [1.807, 2.05) is 0 Å². The molecule has 1 aliphatic heterocycles. The summed E-state index contributed by atoms with van der Waals surface area (Å²) < 4.78 is 12.7. The van der Waals surface area contributed by atoms with Crippen LogP contribution in [-0.2, 0) is 20.1 Å². The molecule has 1 heterocycles. The van der Waals surface area contributed by atoms with Crippen molar-refractivity contribution in [2.75, 3.05) is 5.73 Å². The van der Waals surface area contributed by atoms with Gasteiger partial charge in [-0.15, -0.1) is 0 Å². The maximum absolute atomic E-state index is 6.78. The monoisotopic (exact) mass is 407 g/mol. The van der Waals surface area contributed by atoms with Gasteiger partial charge in [0.2, 0.25) is 0 Å². The Morgan fingerprint density at radius 3 is 1.80 bits per heavy atom. The third-order valence-electron chi connectivity index (χ3n) is 6.62. The molecule has 1 saturated heterocycles. The highest BCUT2D eigenvalue weighted by molar-refractivity contribution is 6.64. The summed E-state index contributed by atoms with van der Waals surface area (Å²) in [5.41, 5.74) is 12.3. The highest BCUT2D eigenvalue weighted by Gasteiger charge is 2.52. The van der Waals surface area contributed by atoms with Gasteiger partial charge in [-0.3, -0.25) is 0 Å². The summed E-state index contributed by atoms with van der Waals surface area (Å²) in [6.07, 6.45) is 0. The van der Waals surface area contributed by atoms with Gasteiger partial charge < -0.3 is 15.0 Å². The number of rotatable bonds is 2. The molecule has 0 amide bonds. The van der Waals surface area contributed by atoms with Crippen LogP contribution in [0, 0.1) is 0 Å². The maximum atomic E-state index is 6.78. The summed E-state index contributed by atoms with van der Waals surface area (Å²) in [6.45, 7) is 21.7. The van der Waals surface area contributed by atoms with Crippen LogP contribution in [0.4, 0.5) is 5.69 Å². The standard InChI is InChI=1S/C26H38BNO2/c1-23(2,3)18-13-11-12-17(14-18)20-15-19(24(4,5)6)16-21(22(20)28)27-29-25(7,8)26(9,10)30-27/h11-16H,28H2,1-10H3. The molecule has 0 unspecified atom stereocenters. The van der Waals surface area contributed by atoms with Crippen LogP contribution in [0.5, 0.6) is 0 Å². The zero-order chi connectivity index (χ0) is 22.7. The molecule has 0 saturated carbocycles. The van der Waals surface area contributed by atoms with Crippen LogP contribution < -0.4 is 11.2 Å². The quantitative estimate of drug-likeness (QED) is 0.503. The largest absolute Gasteiger partial charge is 0.496 e. The van der Waals surface area contributed by atoms with Crippen molar-refractivity contribution < 1.29 is 9.31 Å². The predicted molar refractivity (Wildman–Crippen MR) is 129 cm³/mol. The lowest BCUT2D eigenvalue weighted by Crippen LogP contribution is -2.41. The van der Waals surface area contributed by atoms with Crippen molar-refractivity contribution in [1.82, 2.24) is 0 Å². The average molecular weight is 407 g/mol. The topological polar surface area (TPSA) is 44.5 Å². The third kappa shape index (κ3) is 4.17. The first-order valence-electron chi connectivity index (χ1n) is 10.9. The highest BCUT2D eigenvalue weighted by atomic mass is 16.7. The van der Waals surface area contributed by atoms with E-state index in [9.17, 15) is 0 Å². The Bertz CT molecular complexity index is 932. The second kappa shape index (κ2) is 7.14. The lowest BCUT2D eigenvalue weighted by Gasteiger charge is -2.32. The Balaban J connectivity index is 2.20. The minimum absolute atomic E-state index is 0.0253. The molecule has 0 aromatic heterocycles. The second-order valence-electron chi connectivity index (χ2n) is 11.7. The van der Waals surface area contributed by atoms with Gasteiger partial charge in [0.15, 0.2) is 0 Å². The van der Waals surface area contributed by atoms with Crippen LogP contribution in [-0.4, -0.2) is 18.3 Å². The van der Waals surface area contributed by atoms with Crippen molar-refractivity contribution >= 4 is 18.3 Å². The van der Waals surface area contributed by atoms with Crippen LogP contribution in [0.3, 0.4) is 0 Å². The van der Waals surface area contributed by atoms with Gasteiger partial charge in [0.1, 0.15) is 0 Å². The van der Waals surface area contributed by atoms with Gasteiger partial charge in [0, 0.05) is 16.7 Å². The van der Waals surface area contributed by atoms with Crippen LogP contribution in [0.2, 0.25) is 0 Å². The van der Waals surface area contributed by atoms with Gasteiger partial charge >= 0.3 is 7.12 Å². The van der Waals surface area contributed by atoms with E-state index >= 15 is 0 Å². The van der Waals surface area contributed by atoms with E-state index in [4.69, 9.17) is 15.0 Å². The van der Waals surface area contributed by atoms with E-state index in [2.05, 4.69) is 106 Å². The molecule has 0 radical (unpaired) electrons. The Morgan fingerprint density at radius 2 is 1.30 bits per heavy atom. The summed E-state index contributed by atoms with van der Waals surface area (Å²) in [6, 6.07) is 13.1. The molecule has 0 atom stereocenters. The molecule has 3 nitrogen and oxygen atoms in total. The maximum Gasteiger partial charge on any atom is 0.496 e. The molecule has 1 fully saturated rings. The molecule has 2 N–H and O–H groups in total. The summed E-state index contributed by atoms with van der Waals surface area (Å²) in [5.74, 6) is 0. The van der Waals surface area contributed by atoms with Crippen molar-refractivity contribution in [3.05, 3.63) is 47.5 Å². The molecule has 3 rings (SSSR count). The Kier molecular flexibility index (Phi) is 5.45. The molecule has 162 valence electrons. The number of hydrogen-bond donors (Lipinski definition) is 1. The van der Waals surface area contributed by atoms with Crippen molar-refractivity contribution in [2.24, 2.45) is 0 Å². The minimum atomic E-state index is -0.484. The van der Waals surface area contributed by atoms with E-state index in [0.29, 0.717) is 0 Å². The van der Waals surface area contributed by atoms with E-state index in [0.717, 1.165) is 22.3 Å². The molecule has 1 aliphatic rings. The van der Waals surface area contributed by atoms with E-state index in [1.54, 1.807) is 0 Å². The van der Waals surface area contributed by atoms with Gasteiger partial charge in [-0.05, 0) is 61.3 Å². The summed E-state index contributed by atoms with van der Waals surface area (Å²) >= 11 is 0. The Hall–Kier alpha value is -1.78. The van der Waals surface area contributed by atoms with E-state index in [-0.39, 0.29) is 10.8 Å². The predicted octanol–water partition coefficient (Wildman–Crippen LogP) is 5.83. The third-order valence-corrected chi connectivity index (χ3v) is 6.62. The number of anilines is 1. The van der Waals surface area contributed by atoms with E-state index in [1.165, 1.54) is 11.1 Å². The number of nitrogen functional groups attached to an aromatic ring is 1. The molecule has 2 aromatic carbocycles. The molecule has 2 aromatic rings. The summed E-state index contributed by atoms with van der Waals surface area (Å²) in [7, 11) is -0.484. The van der Waals surface area contributed by atoms with Gasteiger partial charge in [0.05, 0.1) is 11.2 Å². The first-order chi connectivity index (χ1) is 13.5. The highest BCUT2D eigenvalue weighted by Crippen LogP contribution is 2.39. The van der Waals surface area contributed by atoms with Gasteiger partial charge in [-0.25, -0.2) is 0 Å². The van der Waals surface area contributed by atoms with Crippen LogP contribution >= 0.6 is 0 Å². The van der Waals surface area contributed by atoms with Crippen LogP contribution in [0.15, 0.2) is 36.4 Å². The number of hydrogen-bond acceptors (Lipinski definition) is 3. The summed E-state index contributed by atoms with van der Waals surface area (Å²) in [4.78, 5) is 0. The van der Waals surface area contributed by atoms with Crippen molar-refractivity contribution in [1.29, 1.82) is 0 Å². The van der Waals surface area contributed by atoms with Gasteiger partial charge in [-0.1, -0.05) is 71.9 Å². The summed E-state index contributed by atoms with van der Waals surface area (Å²) in [5, 5.41) is 0. The van der Waals surface area contributed by atoms with E-state index < -0.39 is 18.3 Å². The lowest BCUT2D eigenvalue weighted by atomic mass is 9.72. The van der Waals surface area contributed by atoms with Gasteiger partial charge in [-0.2, -0.15) is 0 Å². The molecule has 0 bridgehead atoms. The molecule has 4 heteroatoms. The smallest absolute Gasteiger partial charge is 0.399 e. The van der Waals surface area contributed by atoms with Gasteiger partial charge in [0.25, 0.3) is 0 Å². The zero-order valence-electron chi connectivity index (χ0n) is 20.4. The fourth-order valence-corrected chi connectivity index (χ4v) is 3.67. The van der Waals surface area contributed by atoms with Crippen molar-refractivity contribution in [2.45, 2.75) is 91.3 Å². The first-order valence-corrected chi connectivity index (χ1v) is 10.9. The molecular weight excluding hydrogens is 369 g/mol. The van der Waals surface area contributed by atoms with Crippen LogP contribution in [0.25, 0.3) is 11.1 Å². The Labute approximate surface area is 183 Å². The fourth-order valence-electron chi connectivity index (χ4n) is 3.67. The van der Waals surface area contributed by atoms with Crippen molar-refractivity contribution in [3.63, 3.8) is 0 Å². The normalized spacial score (nSPS) is 18.7. The second-order valence-corrected chi connectivity index (χ2v) is 11.7. The molecule has 0 spiro atoms. The number of nitrogens with two attached hydrogens (primary N) is 1. The first kappa shape index (κ1) is 22.9. The Morgan fingerprint density at radius 1 is 0.767 bits per heavy atom. The van der Waals surface area contributed by atoms with Crippen molar-refractivity contribution in [3.8, 4) is 11.1 Å². The van der Waals surface area contributed by atoms with Crippen LogP contribution in [0.1, 0.15) is 80.4 Å². The lowest BCUT2D eigenvalue weighted by molar-refractivity contribution is 0.00578. The average Bonchev–Trinajstić information content (AvgIpc) is 2.81. The minimum Gasteiger partial charge on any atom is -0.399 e. The fraction of sp³-hybridized carbons (Fsp3) is 0.538. The zero-order valence-corrected chi connectivity index (χ0v) is 20.4.